The number of methoxy groups -OCH3 is 1. The van der Waals surface area contributed by atoms with Gasteiger partial charge in [-0.3, -0.25) is 9.59 Å². The molecule has 3 rings (SSSR count). The Kier molecular flexibility index (Phi) is 7.28. The average Bonchev–Trinajstić information content (AvgIpc) is 2.79. The van der Waals surface area contributed by atoms with Gasteiger partial charge in [-0.15, -0.1) is 0 Å². The molecule has 2 aromatic rings. The summed E-state index contributed by atoms with van der Waals surface area (Å²) in [6, 6.07) is 15.1. The van der Waals surface area contributed by atoms with E-state index in [9.17, 15) is 9.59 Å². The molecule has 0 aliphatic carbocycles. The molecule has 5 nitrogen and oxygen atoms in total. The third-order valence-electron chi connectivity index (χ3n) is 5.48. The highest BCUT2D eigenvalue weighted by atomic mass is 16.5. The fourth-order valence-electron chi connectivity index (χ4n) is 3.76. The predicted octanol–water partition coefficient (Wildman–Crippen LogP) is 4.24. The summed E-state index contributed by atoms with van der Waals surface area (Å²) in [6.45, 7) is 4.24. The first-order valence-electron chi connectivity index (χ1n) is 10.4. The van der Waals surface area contributed by atoms with Crippen LogP contribution >= 0.6 is 0 Å². The second kappa shape index (κ2) is 10.1. The molecule has 0 aromatic heterocycles. The molecular formula is C24H30N2O3. The lowest BCUT2D eigenvalue weighted by molar-refractivity contribution is 0.0706. The molecule has 1 aliphatic rings. The molecule has 1 atom stereocenters. The minimum atomic E-state index is -0.0257. The van der Waals surface area contributed by atoms with Crippen LogP contribution in [0.25, 0.3) is 0 Å². The molecule has 0 spiro atoms. The van der Waals surface area contributed by atoms with E-state index in [1.807, 2.05) is 47.4 Å². The quantitative estimate of drug-likeness (QED) is 0.715. The van der Waals surface area contributed by atoms with E-state index in [0.29, 0.717) is 24.2 Å². The Morgan fingerprint density at radius 2 is 1.93 bits per heavy atom. The lowest BCUT2D eigenvalue weighted by Crippen LogP contribution is -2.39. The second-order valence-corrected chi connectivity index (χ2v) is 7.55. The maximum atomic E-state index is 12.9. The molecule has 0 bridgehead atoms. The SMILES string of the molecule is CCCCNC(=O)c1cccc(C2CCCN(C(=O)c3ccc(OC)cc3)C2)c1. The lowest BCUT2D eigenvalue weighted by Gasteiger charge is -2.33. The monoisotopic (exact) mass is 394 g/mol. The number of carbonyl (C=O) groups is 2. The smallest absolute Gasteiger partial charge is 0.253 e. The molecule has 154 valence electrons. The average molecular weight is 395 g/mol. The first-order valence-corrected chi connectivity index (χ1v) is 10.4. The maximum Gasteiger partial charge on any atom is 0.253 e. The van der Waals surface area contributed by atoms with Crippen molar-refractivity contribution in [1.82, 2.24) is 10.2 Å². The van der Waals surface area contributed by atoms with E-state index in [1.165, 1.54) is 0 Å². The second-order valence-electron chi connectivity index (χ2n) is 7.55. The van der Waals surface area contributed by atoms with Gasteiger partial charge in [0.25, 0.3) is 11.8 Å². The van der Waals surface area contributed by atoms with Gasteiger partial charge in [0.15, 0.2) is 0 Å². The summed E-state index contributed by atoms with van der Waals surface area (Å²) in [5.74, 6) is 1.01. The van der Waals surface area contributed by atoms with Gasteiger partial charge in [0, 0.05) is 36.7 Å². The normalized spacial score (nSPS) is 16.3. The molecule has 1 saturated heterocycles. The number of piperidine rings is 1. The van der Waals surface area contributed by atoms with Crippen LogP contribution in [0.15, 0.2) is 48.5 Å². The number of ether oxygens (including phenoxy) is 1. The summed E-state index contributed by atoms with van der Waals surface area (Å²) < 4.78 is 5.17. The van der Waals surface area contributed by atoms with E-state index in [1.54, 1.807) is 7.11 Å². The summed E-state index contributed by atoms with van der Waals surface area (Å²) >= 11 is 0. The Balaban J connectivity index is 1.67. The molecule has 1 aliphatic heterocycles. The minimum Gasteiger partial charge on any atom is -0.497 e. The van der Waals surface area contributed by atoms with Crippen LogP contribution in [-0.2, 0) is 0 Å². The number of benzene rings is 2. The number of unbranched alkanes of at least 4 members (excludes halogenated alkanes) is 1. The molecule has 1 heterocycles. The van der Waals surface area contributed by atoms with E-state index < -0.39 is 0 Å². The fraction of sp³-hybridized carbons (Fsp3) is 0.417. The predicted molar refractivity (Wildman–Crippen MR) is 115 cm³/mol. The Morgan fingerprint density at radius 3 is 2.66 bits per heavy atom. The van der Waals surface area contributed by atoms with Gasteiger partial charge in [0.1, 0.15) is 5.75 Å². The number of hydrogen-bond donors (Lipinski definition) is 1. The zero-order valence-corrected chi connectivity index (χ0v) is 17.3. The van der Waals surface area contributed by atoms with Crippen LogP contribution in [0.5, 0.6) is 5.75 Å². The fourth-order valence-corrected chi connectivity index (χ4v) is 3.76. The summed E-state index contributed by atoms with van der Waals surface area (Å²) in [7, 11) is 1.62. The third-order valence-corrected chi connectivity index (χ3v) is 5.48. The van der Waals surface area contributed by atoms with Gasteiger partial charge in [-0.2, -0.15) is 0 Å². The highest BCUT2D eigenvalue weighted by Gasteiger charge is 2.26. The zero-order chi connectivity index (χ0) is 20.6. The number of nitrogens with one attached hydrogen (secondary N) is 1. The van der Waals surface area contributed by atoms with E-state index >= 15 is 0 Å². The van der Waals surface area contributed by atoms with Crippen LogP contribution in [0.3, 0.4) is 0 Å². The zero-order valence-electron chi connectivity index (χ0n) is 17.3. The van der Waals surface area contributed by atoms with E-state index in [0.717, 1.165) is 43.5 Å². The van der Waals surface area contributed by atoms with Crippen molar-refractivity contribution in [2.45, 2.75) is 38.5 Å². The van der Waals surface area contributed by atoms with E-state index in [-0.39, 0.29) is 17.7 Å². The maximum absolute atomic E-state index is 12.9. The Bertz CT molecular complexity index is 832. The number of rotatable bonds is 7. The van der Waals surface area contributed by atoms with Crippen LogP contribution in [-0.4, -0.2) is 43.5 Å². The van der Waals surface area contributed by atoms with Crippen molar-refractivity contribution in [3.8, 4) is 5.75 Å². The van der Waals surface area contributed by atoms with Crippen LogP contribution in [0.4, 0.5) is 0 Å². The van der Waals surface area contributed by atoms with E-state index in [2.05, 4.69) is 18.3 Å². The third kappa shape index (κ3) is 5.37. The Hall–Kier alpha value is -2.82. The van der Waals surface area contributed by atoms with Crippen LogP contribution in [0, 0.1) is 0 Å². The van der Waals surface area contributed by atoms with Crippen molar-refractivity contribution in [3.63, 3.8) is 0 Å². The number of likely N-dealkylation sites (tertiary alicyclic amines) is 1. The molecular weight excluding hydrogens is 364 g/mol. The topological polar surface area (TPSA) is 58.6 Å². The first kappa shape index (κ1) is 20.9. The van der Waals surface area contributed by atoms with Gasteiger partial charge in [-0.1, -0.05) is 25.5 Å². The van der Waals surface area contributed by atoms with Crippen molar-refractivity contribution in [3.05, 3.63) is 65.2 Å². The van der Waals surface area contributed by atoms with Crippen molar-refractivity contribution in [1.29, 1.82) is 0 Å². The highest BCUT2D eigenvalue weighted by molar-refractivity contribution is 5.95. The molecule has 1 N–H and O–H groups in total. The van der Waals surface area contributed by atoms with Gasteiger partial charge in [-0.05, 0) is 61.2 Å². The molecule has 0 radical (unpaired) electrons. The Morgan fingerprint density at radius 1 is 1.14 bits per heavy atom. The van der Waals surface area contributed by atoms with Crippen LogP contribution in [0.2, 0.25) is 0 Å². The van der Waals surface area contributed by atoms with Crippen molar-refractivity contribution in [2.24, 2.45) is 0 Å². The summed E-state index contributed by atoms with van der Waals surface area (Å²) in [6.07, 6.45) is 4.02. The molecule has 2 amide bonds. The summed E-state index contributed by atoms with van der Waals surface area (Å²) in [5, 5.41) is 2.97. The van der Waals surface area contributed by atoms with Crippen molar-refractivity contribution < 1.29 is 14.3 Å². The van der Waals surface area contributed by atoms with Gasteiger partial charge in [0.2, 0.25) is 0 Å². The van der Waals surface area contributed by atoms with Gasteiger partial charge in [-0.25, -0.2) is 0 Å². The summed E-state index contributed by atoms with van der Waals surface area (Å²) in [4.78, 5) is 27.2. The standard InChI is InChI=1S/C24H30N2O3/c1-3-4-14-25-23(27)20-8-5-7-19(16-20)21-9-6-15-26(17-21)24(28)18-10-12-22(29-2)13-11-18/h5,7-8,10-13,16,21H,3-4,6,9,14-15,17H2,1-2H3,(H,25,27). The molecule has 0 saturated carbocycles. The molecule has 1 fully saturated rings. The van der Waals surface area contributed by atoms with Crippen molar-refractivity contribution in [2.75, 3.05) is 26.7 Å². The molecule has 1 unspecified atom stereocenters. The number of carbonyl (C=O) groups excluding carboxylic acids is 2. The summed E-state index contributed by atoms with van der Waals surface area (Å²) in [5.41, 5.74) is 2.49. The lowest BCUT2D eigenvalue weighted by atomic mass is 9.89. The number of hydrogen-bond acceptors (Lipinski definition) is 3. The van der Waals surface area contributed by atoms with Crippen LogP contribution < -0.4 is 10.1 Å². The molecule has 29 heavy (non-hydrogen) atoms. The van der Waals surface area contributed by atoms with Crippen molar-refractivity contribution >= 4 is 11.8 Å². The largest absolute Gasteiger partial charge is 0.497 e. The Labute approximate surface area is 173 Å². The van der Waals surface area contributed by atoms with Gasteiger partial charge >= 0.3 is 0 Å². The molecule has 5 heteroatoms. The van der Waals surface area contributed by atoms with E-state index in [4.69, 9.17) is 4.74 Å². The first-order chi connectivity index (χ1) is 14.1. The highest BCUT2D eigenvalue weighted by Crippen LogP contribution is 2.28. The molecule has 2 aromatic carbocycles. The number of amides is 2. The number of nitrogens with zero attached hydrogens (tertiary/aromatic N) is 1. The van der Waals surface area contributed by atoms with Crippen LogP contribution in [0.1, 0.15) is 64.8 Å². The van der Waals surface area contributed by atoms with Gasteiger partial charge in [0.05, 0.1) is 7.11 Å². The van der Waals surface area contributed by atoms with Gasteiger partial charge < -0.3 is 15.0 Å². The minimum absolute atomic E-state index is 0.0257.